The monoisotopic (exact) mass is 259 g/mol. The minimum Gasteiger partial charge on any atom is -0.506 e. The first-order valence-corrected chi connectivity index (χ1v) is 6.64. The molecule has 0 unspecified atom stereocenters. The highest BCUT2D eigenvalue weighted by molar-refractivity contribution is 5.83. The highest BCUT2D eigenvalue weighted by atomic mass is 16.5. The molecule has 0 bridgehead atoms. The van der Waals surface area contributed by atoms with E-state index in [0.717, 1.165) is 12.0 Å². The fraction of sp³-hybridized carbons (Fsp3) is 0.400. The van der Waals surface area contributed by atoms with E-state index in [0.29, 0.717) is 12.3 Å². The number of benzene rings is 1. The summed E-state index contributed by atoms with van der Waals surface area (Å²) in [7, 11) is 0. The first-order chi connectivity index (χ1) is 9.22. The van der Waals surface area contributed by atoms with Crippen molar-refractivity contribution in [3.05, 3.63) is 35.9 Å². The average molecular weight is 259 g/mol. The van der Waals surface area contributed by atoms with E-state index in [-0.39, 0.29) is 29.6 Å². The minimum atomic E-state index is -0.388. The van der Waals surface area contributed by atoms with Gasteiger partial charge >= 0.3 is 5.97 Å². The van der Waals surface area contributed by atoms with Crippen molar-refractivity contribution in [3.8, 4) is 5.75 Å². The van der Waals surface area contributed by atoms with Gasteiger partial charge in [0.15, 0.2) is 0 Å². The summed E-state index contributed by atoms with van der Waals surface area (Å²) >= 11 is 0. The molecular weight excluding hydrogens is 242 g/mol. The van der Waals surface area contributed by atoms with Crippen LogP contribution in [0.15, 0.2) is 30.4 Å². The number of anilines is 1. The number of fused-ring (bicyclic) bond motifs is 3. The lowest BCUT2D eigenvalue weighted by atomic mass is 9.79. The summed E-state index contributed by atoms with van der Waals surface area (Å²) < 4.78 is 5.13. The highest BCUT2D eigenvalue weighted by Crippen LogP contribution is 2.47. The van der Waals surface area contributed by atoms with E-state index < -0.39 is 0 Å². The molecule has 0 aromatic heterocycles. The number of nitrogens with one attached hydrogen (secondary N) is 1. The molecule has 1 aromatic carbocycles. The summed E-state index contributed by atoms with van der Waals surface area (Å²) in [6.45, 7) is 2.17. The highest BCUT2D eigenvalue weighted by Gasteiger charge is 2.42. The van der Waals surface area contributed by atoms with Crippen molar-refractivity contribution in [1.82, 2.24) is 0 Å². The Morgan fingerprint density at radius 1 is 1.53 bits per heavy atom. The van der Waals surface area contributed by atoms with Crippen molar-refractivity contribution in [2.75, 3.05) is 11.9 Å². The van der Waals surface area contributed by atoms with Crippen molar-refractivity contribution < 1.29 is 14.6 Å². The zero-order valence-electron chi connectivity index (χ0n) is 10.8. The lowest BCUT2D eigenvalue weighted by Crippen LogP contribution is -2.42. The molecule has 1 aromatic rings. The summed E-state index contributed by atoms with van der Waals surface area (Å²) in [4.78, 5) is 12.1. The third-order valence-corrected chi connectivity index (χ3v) is 3.92. The number of phenols is 1. The second-order valence-corrected chi connectivity index (χ2v) is 4.97. The maximum atomic E-state index is 12.1. The van der Waals surface area contributed by atoms with E-state index in [1.54, 1.807) is 13.0 Å². The number of para-hydroxylation sites is 1. The Balaban J connectivity index is 2.00. The molecule has 2 aliphatic rings. The van der Waals surface area contributed by atoms with Gasteiger partial charge in [-0.3, -0.25) is 0 Å². The fourth-order valence-electron chi connectivity index (χ4n) is 3.07. The number of rotatable bonds is 2. The first-order valence-electron chi connectivity index (χ1n) is 6.64. The summed E-state index contributed by atoms with van der Waals surface area (Å²) in [6, 6.07) is 5.08. The number of carbonyl (C=O) groups is 1. The van der Waals surface area contributed by atoms with Gasteiger partial charge < -0.3 is 15.2 Å². The maximum absolute atomic E-state index is 12.1. The Bertz CT molecular complexity index is 538. The van der Waals surface area contributed by atoms with Crippen LogP contribution in [0.2, 0.25) is 0 Å². The molecule has 0 spiro atoms. The van der Waals surface area contributed by atoms with Gasteiger partial charge in [-0.05, 0) is 25.0 Å². The number of ether oxygens (including phenoxy) is 1. The number of hydrogen-bond donors (Lipinski definition) is 2. The van der Waals surface area contributed by atoms with Crippen LogP contribution in [0.5, 0.6) is 5.75 Å². The summed E-state index contributed by atoms with van der Waals surface area (Å²) in [5.41, 5.74) is 1.72. The Labute approximate surface area is 112 Å². The van der Waals surface area contributed by atoms with Gasteiger partial charge in [0.1, 0.15) is 11.8 Å². The second-order valence-electron chi connectivity index (χ2n) is 4.97. The van der Waals surface area contributed by atoms with Crippen molar-refractivity contribution >= 4 is 11.7 Å². The molecule has 0 fully saturated rings. The zero-order chi connectivity index (χ0) is 13.4. The van der Waals surface area contributed by atoms with Crippen molar-refractivity contribution in [1.29, 1.82) is 0 Å². The smallest absolute Gasteiger partial charge is 0.328 e. The Morgan fingerprint density at radius 2 is 2.37 bits per heavy atom. The van der Waals surface area contributed by atoms with Crippen LogP contribution < -0.4 is 5.32 Å². The molecule has 0 radical (unpaired) electrons. The van der Waals surface area contributed by atoms with Crippen LogP contribution in [0.25, 0.3) is 0 Å². The number of hydrogen-bond acceptors (Lipinski definition) is 4. The Kier molecular flexibility index (Phi) is 2.93. The number of carbonyl (C=O) groups excluding carboxylic acids is 1. The van der Waals surface area contributed by atoms with Gasteiger partial charge in [-0.2, -0.15) is 0 Å². The minimum absolute atomic E-state index is 0.174. The molecule has 0 amide bonds. The number of esters is 1. The molecule has 0 saturated carbocycles. The van der Waals surface area contributed by atoms with E-state index >= 15 is 0 Å². The van der Waals surface area contributed by atoms with E-state index in [4.69, 9.17) is 4.74 Å². The molecule has 1 heterocycles. The number of phenolic OH excluding ortho intramolecular Hbond substituents is 1. The van der Waals surface area contributed by atoms with Crippen LogP contribution in [-0.2, 0) is 9.53 Å². The molecule has 100 valence electrons. The van der Waals surface area contributed by atoms with Gasteiger partial charge in [-0.15, -0.1) is 0 Å². The lowest BCUT2D eigenvalue weighted by Gasteiger charge is -2.35. The molecule has 2 N–H and O–H groups in total. The van der Waals surface area contributed by atoms with Gasteiger partial charge in [0.2, 0.25) is 0 Å². The van der Waals surface area contributed by atoms with Crippen molar-refractivity contribution in [2.45, 2.75) is 25.3 Å². The fourth-order valence-corrected chi connectivity index (χ4v) is 3.07. The third kappa shape index (κ3) is 1.87. The van der Waals surface area contributed by atoms with Crippen molar-refractivity contribution in [3.63, 3.8) is 0 Å². The largest absolute Gasteiger partial charge is 0.506 e. The summed E-state index contributed by atoms with van der Waals surface area (Å²) in [5, 5.41) is 13.1. The molecule has 3 atom stereocenters. The van der Waals surface area contributed by atoms with E-state index in [1.165, 1.54) is 0 Å². The van der Waals surface area contributed by atoms with Crippen LogP contribution in [0, 0.1) is 5.92 Å². The summed E-state index contributed by atoms with van der Waals surface area (Å²) in [6.07, 6.45) is 5.08. The Hall–Kier alpha value is -1.97. The van der Waals surface area contributed by atoms with Crippen LogP contribution in [0.3, 0.4) is 0 Å². The van der Waals surface area contributed by atoms with Gasteiger partial charge in [-0.25, -0.2) is 4.79 Å². The molecule has 0 saturated heterocycles. The third-order valence-electron chi connectivity index (χ3n) is 3.92. The van der Waals surface area contributed by atoms with Gasteiger partial charge in [0.05, 0.1) is 12.3 Å². The summed E-state index contributed by atoms with van der Waals surface area (Å²) in [5.74, 6) is 0.298. The van der Waals surface area contributed by atoms with Gasteiger partial charge in [0, 0.05) is 11.8 Å². The predicted molar refractivity (Wildman–Crippen MR) is 72.1 cm³/mol. The van der Waals surface area contributed by atoms with Gasteiger partial charge in [0.25, 0.3) is 0 Å². The van der Waals surface area contributed by atoms with Crippen LogP contribution in [0.4, 0.5) is 5.69 Å². The quantitative estimate of drug-likeness (QED) is 0.486. The van der Waals surface area contributed by atoms with E-state index in [2.05, 4.69) is 17.5 Å². The second kappa shape index (κ2) is 4.61. The van der Waals surface area contributed by atoms with Crippen LogP contribution >= 0.6 is 0 Å². The number of allylic oxidation sites excluding steroid dienone is 2. The molecule has 3 rings (SSSR count). The molecule has 19 heavy (non-hydrogen) atoms. The topological polar surface area (TPSA) is 58.6 Å². The molecule has 1 aliphatic carbocycles. The predicted octanol–water partition coefficient (Wildman–Crippen LogP) is 2.41. The van der Waals surface area contributed by atoms with Crippen LogP contribution in [0.1, 0.15) is 24.8 Å². The molecule has 1 aliphatic heterocycles. The first kappa shape index (κ1) is 12.1. The van der Waals surface area contributed by atoms with E-state index in [1.807, 2.05) is 12.1 Å². The maximum Gasteiger partial charge on any atom is 0.328 e. The van der Waals surface area contributed by atoms with Crippen LogP contribution in [-0.4, -0.2) is 23.7 Å². The number of aromatic hydroxyl groups is 1. The average Bonchev–Trinajstić information content (AvgIpc) is 2.88. The van der Waals surface area contributed by atoms with E-state index in [9.17, 15) is 9.90 Å². The Morgan fingerprint density at radius 3 is 3.16 bits per heavy atom. The standard InChI is InChI=1S/C15H17NO3/c1-2-19-15(18)14-11-6-3-5-9(11)10-7-4-8-12(17)13(10)16-14/h3-5,7-9,11,14,16-17H,2,6H2,1H3/t9-,11+,14-/m1/s1. The molecule has 4 nitrogen and oxygen atoms in total. The molecular formula is C15H17NO3. The zero-order valence-corrected chi connectivity index (χ0v) is 10.8. The van der Waals surface area contributed by atoms with Gasteiger partial charge in [-0.1, -0.05) is 24.3 Å². The van der Waals surface area contributed by atoms with Crippen molar-refractivity contribution in [2.24, 2.45) is 5.92 Å². The molecule has 4 heteroatoms. The SMILES string of the molecule is CCOC(=O)[C@@H]1Nc2c(O)cccc2[C@H]2C=CC[C@@H]21. The normalized spacial score (nSPS) is 27.3. The lowest BCUT2D eigenvalue weighted by molar-refractivity contribution is -0.145.